The lowest BCUT2D eigenvalue weighted by atomic mass is 9.86. The van der Waals surface area contributed by atoms with Gasteiger partial charge in [0.1, 0.15) is 16.8 Å². The molecule has 1 aromatic rings. The molecule has 0 aliphatic carbocycles. The Morgan fingerprint density at radius 1 is 1.50 bits per heavy atom. The van der Waals surface area contributed by atoms with Crippen LogP contribution in [-0.4, -0.2) is 71.4 Å². The summed E-state index contributed by atoms with van der Waals surface area (Å²) >= 11 is 5.30. The lowest BCUT2D eigenvalue weighted by Crippen LogP contribution is -2.72. The number of allylic oxidation sites excluding steroid dienone is 1. The third-order valence-electron chi connectivity index (χ3n) is 4.26. The van der Waals surface area contributed by atoms with Crippen LogP contribution in [0.1, 0.15) is 18.7 Å². The number of oxime groups is 1. The number of carbonyl (C=O) groups is 3. The summed E-state index contributed by atoms with van der Waals surface area (Å²) in [6.07, 6.45) is 1.78. The Labute approximate surface area is 182 Å². The van der Waals surface area contributed by atoms with Gasteiger partial charge in [0, 0.05) is 16.4 Å². The van der Waals surface area contributed by atoms with Gasteiger partial charge in [-0.3, -0.25) is 19.9 Å². The molecule has 0 spiro atoms. The van der Waals surface area contributed by atoms with E-state index in [-0.39, 0.29) is 28.1 Å². The number of hydrogen-bond donors (Lipinski definition) is 6. The summed E-state index contributed by atoms with van der Waals surface area (Å²) in [7, 11) is 0. The number of anilines is 1. The predicted octanol–water partition coefficient (Wildman–Crippen LogP) is -0.290. The van der Waals surface area contributed by atoms with Crippen LogP contribution in [0.3, 0.4) is 0 Å². The Balaban J connectivity index is 1.78. The normalized spacial score (nSPS) is 21.4. The number of nitrogen functional groups attached to an aromatic ring is 1. The van der Waals surface area contributed by atoms with Gasteiger partial charge < -0.3 is 21.4 Å². The van der Waals surface area contributed by atoms with Crippen LogP contribution in [0, 0.1) is 5.41 Å². The minimum Gasteiger partial charge on any atom is -0.477 e. The van der Waals surface area contributed by atoms with Crippen molar-refractivity contribution in [2.75, 3.05) is 5.73 Å². The average Bonchev–Trinajstić information content (AvgIpc) is 3.12. The summed E-state index contributed by atoms with van der Waals surface area (Å²) < 4.78 is 7.19. The lowest BCUT2D eigenvalue weighted by Gasteiger charge is -2.50. The summed E-state index contributed by atoms with van der Waals surface area (Å²) in [5, 5.41) is 31.8. The van der Waals surface area contributed by atoms with E-state index in [0.717, 1.165) is 34.4 Å². The summed E-state index contributed by atoms with van der Waals surface area (Å²) in [4.78, 5) is 42.0. The zero-order valence-electron chi connectivity index (χ0n) is 14.8. The molecule has 1 aromatic heterocycles. The number of carbonyl (C=O) groups excluding carboxylic acids is 2. The highest BCUT2D eigenvalue weighted by Crippen LogP contribution is 2.40. The van der Waals surface area contributed by atoms with Crippen molar-refractivity contribution in [2.24, 2.45) is 9.55 Å². The zero-order valence-corrected chi connectivity index (χ0v) is 17.4. The number of aliphatic carboxylic acids is 1. The molecule has 3 rings (SSSR count). The third kappa shape index (κ3) is 4.01. The molecule has 3 heterocycles. The number of carboxylic acid groups (broad SMARTS) is 1. The number of hydrogen-bond acceptors (Lipinski definition) is 13. The van der Waals surface area contributed by atoms with Gasteiger partial charge in [0.15, 0.2) is 5.13 Å². The summed E-state index contributed by atoms with van der Waals surface area (Å²) in [5.74, 6) is -3.06. The molecule has 2 amide bonds. The number of amides is 2. The molecule has 2 aliphatic rings. The molecule has 0 unspecified atom stereocenters. The Morgan fingerprint density at radius 2 is 2.23 bits per heavy atom. The molecule has 2 atom stereocenters. The number of thiol groups is 1. The molecule has 13 nitrogen and oxygen atoms in total. The van der Waals surface area contributed by atoms with Crippen LogP contribution in [0.25, 0.3) is 0 Å². The Morgan fingerprint density at radius 3 is 2.80 bits per heavy atom. The standard InChI is InChI=1S/C14H14N8O5S3/c15-6(3-17-28)29-5-2-1-4-7(12(24)22(4)9(5)13(25)26)18-11(23)8(20-27)10-19-14(16)30-21-10/h3-4,7,15,27-28H,1-2H2,(H,18,23)(H,25,26)(H2,16,19,21)/b15-6?,17-3-,20-8-/t4-,7+/m1/s1. The number of carboxylic acids is 1. The second-order valence-corrected chi connectivity index (χ2v) is 8.11. The van der Waals surface area contributed by atoms with Gasteiger partial charge in [-0.05, 0) is 25.7 Å². The largest absolute Gasteiger partial charge is 0.477 e. The smallest absolute Gasteiger partial charge is 0.353 e. The van der Waals surface area contributed by atoms with Crippen molar-refractivity contribution < 1.29 is 24.7 Å². The Kier molecular flexibility index (Phi) is 6.37. The van der Waals surface area contributed by atoms with Crippen molar-refractivity contribution in [3.63, 3.8) is 0 Å². The summed E-state index contributed by atoms with van der Waals surface area (Å²) in [6.45, 7) is 0. The van der Waals surface area contributed by atoms with Gasteiger partial charge in [0.25, 0.3) is 11.8 Å². The van der Waals surface area contributed by atoms with E-state index in [0.29, 0.717) is 11.3 Å². The Bertz CT molecular complexity index is 1020. The second kappa shape index (κ2) is 8.80. The van der Waals surface area contributed by atoms with Gasteiger partial charge in [0.05, 0.1) is 12.3 Å². The van der Waals surface area contributed by atoms with E-state index < -0.39 is 35.6 Å². The van der Waals surface area contributed by atoms with Gasteiger partial charge in [0.2, 0.25) is 11.5 Å². The molecule has 1 fully saturated rings. The topological polar surface area (TPSA) is 207 Å². The third-order valence-corrected chi connectivity index (χ3v) is 5.89. The van der Waals surface area contributed by atoms with Crippen LogP contribution in [0.15, 0.2) is 20.2 Å². The highest BCUT2D eigenvalue weighted by Gasteiger charge is 2.54. The fourth-order valence-corrected chi connectivity index (χ4v) is 4.57. The number of thioether (sulfide) groups is 1. The fourth-order valence-electron chi connectivity index (χ4n) is 3.07. The zero-order chi connectivity index (χ0) is 22.0. The van der Waals surface area contributed by atoms with E-state index in [1.54, 1.807) is 0 Å². The molecule has 1 saturated heterocycles. The van der Waals surface area contributed by atoms with Crippen LogP contribution in [0.2, 0.25) is 0 Å². The van der Waals surface area contributed by atoms with Crippen LogP contribution in [0.5, 0.6) is 0 Å². The molecule has 158 valence electrons. The van der Waals surface area contributed by atoms with Crippen molar-refractivity contribution in [3.8, 4) is 0 Å². The van der Waals surface area contributed by atoms with Crippen molar-refractivity contribution in [1.82, 2.24) is 19.6 Å². The maximum atomic E-state index is 12.6. The van der Waals surface area contributed by atoms with Gasteiger partial charge in [-0.2, -0.15) is 9.36 Å². The number of β-lactam (4-membered cyclic amide) rings is 1. The molecular weight excluding hydrogens is 456 g/mol. The molecule has 2 aliphatic heterocycles. The first-order chi connectivity index (χ1) is 14.3. The minimum absolute atomic E-state index is 0.0335. The lowest BCUT2D eigenvalue weighted by molar-refractivity contribution is -0.155. The van der Waals surface area contributed by atoms with Gasteiger partial charge in [-0.15, -0.1) is 0 Å². The first-order valence-electron chi connectivity index (χ1n) is 8.14. The number of nitrogens with one attached hydrogen (secondary N) is 2. The highest BCUT2D eigenvalue weighted by molar-refractivity contribution is 8.18. The molecule has 30 heavy (non-hydrogen) atoms. The van der Waals surface area contributed by atoms with Crippen LogP contribution >= 0.6 is 36.1 Å². The van der Waals surface area contributed by atoms with Crippen LogP contribution < -0.4 is 11.1 Å². The highest BCUT2D eigenvalue weighted by atomic mass is 32.2. The van der Waals surface area contributed by atoms with Crippen molar-refractivity contribution in [2.45, 2.75) is 24.9 Å². The van der Waals surface area contributed by atoms with E-state index in [4.69, 9.17) is 16.4 Å². The molecular formula is C14H14N8O5S3. The van der Waals surface area contributed by atoms with Crippen LogP contribution in [-0.2, 0) is 14.4 Å². The van der Waals surface area contributed by atoms with Crippen molar-refractivity contribution >= 4 is 76.0 Å². The number of nitrogens with zero attached hydrogens (tertiary/aromatic N) is 5. The number of fused-ring (bicyclic) bond motifs is 1. The Hall–Kier alpha value is -2.98. The SMILES string of the molecule is N=C(/C=N\S)SC1=C(C(=O)O)N2C(=O)[C@@H](NC(=O)/C(=N\O)c3nsc(N)n3)[C@H]2CC1. The average molecular weight is 471 g/mol. The van der Waals surface area contributed by atoms with E-state index in [9.17, 15) is 19.5 Å². The van der Waals surface area contributed by atoms with Crippen molar-refractivity contribution in [3.05, 3.63) is 16.4 Å². The van der Waals surface area contributed by atoms with E-state index >= 15 is 0 Å². The molecule has 0 saturated carbocycles. The summed E-state index contributed by atoms with van der Waals surface area (Å²) in [5.41, 5.74) is 4.69. The number of aromatic nitrogens is 2. The molecule has 0 aromatic carbocycles. The van der Waals surface area contributed by atoms with E-state index in [1.165, 1.54) is 0 Å². The fraction of sp³-hybridized carbons (Fsp3) is 0.286. The monoisotopic (exact) mass is 470 g/mol. The first-order valence-corrected chi connectivity index (χ1v) is 10.1. The number of nitrogens with two attached hydrogens (primary N) is 1. The van der Waals surface area contributed by atoms with Gasteiger partial charge in [-0.1, -0.05) is 16.9 Å². The van der Waals surface area contributed by atoms with Gasteiger partial charge >= 0.3 is 5.97 Å². The van der Waals surface area contributed by atoms with Gasteiger partial charge in [-0.25, -0.2) is 9.19 Å². The van der Waals surface area contributed by atoms with E-state index in [1.807, 2.05) is 0 Å². The molecule has 0 bridgehead atoms. The molecule has 0 radical (unpaired) electrons. The molecule has 16 heteroatoms. The van der Waals surface area contributed by atoms with Crippen molar-refractivity contribution in [1.29, 1.82) is 5.41 Å². The maximum Gasteiger partial charge on any atom is 0.353 e. The maximum absolute atomic E-state index is 12.6. The minimum atomic E-state index is -1.32. The first kappa shape index (κ1) is 21.7. The van der Waals surface area contributed by atoms with E-state index in [2.05, 4.69) is 37.0 Å². The number of rotatable bonds is 6. The predicted molar refractivity (Wildman–Crippen MR) is 112 cm³/mol. The second-order valence-electron chi connectivity index (χ2n) is 5.96. The summed E-state index contributed by atoms with van der Waals surface area (Å²) in [6, 6.07) is -1.61. The molecule has 6 N–H and O–H groups in total. The van der Waals surface area contributed by atoms with Crippen LogP contribution in [0.4, 0.5) is 5.13 Å². The quantitative estimate of drug-likeness (QED) is 0.0805.